The number of hydrogen-bond acceptors (Lipinski definition) is 4. The molecule has 0 radical (unpaired) electrons. The van der Waals surface area contributed by atoms with Gasteiger partial charge in [-0.3, -0.25) is 14.9 Å². The monoisotopic (exact) mass is 293 g/mol. The van der Waals surface area contributed by atoms with Crippen LogP contribution < -0.4 is 5.32 Å². The van der Waals surface area contributed by atoms with Crippen molar-refractivity contribution in [3.8, 4) is 0 Å². The highest BCUT2D eigenvalue weighted by molar-refractivity contribution is 6.03. The Labute approximate surface area is 125 Å². The van der Waals surface area contributed by atoms with Crippen molar-refractivity contribution in [1.82, 2.24) is 5.32 Å². The fourth-order valence-corrected chi connectivity index (χ4v) is 2.09. The minimum Gasteiger partial charge on any atom is -0.481 e. The molecule has 0 aliphatic rings. The molecule has 1 aromatic carbocycles. The number of hydrogen-bond donors (Lipinski definition) is 3. The van der Waals surface area contributed by atoms with Crippen LogP contribution in [0.5, 0.6) is 0 Å². The van der Waals surface area contributed by atoms with Gasteiger partial charge in [0.1, 0.15) is 0 Å². The van der Waals surface area contributed by atoms with Crippen LogP contribution in [0, 0.1) is 13.8 Å². The molecule has 0 amide bonds. The molecule has 0 saturated carbocycles. The molecule has 1 aromatic rings. The number of carbonyl (C=O) groups is 2. The van der Waals surface area contributed by atoms with Crippen LogP contribution in [0.2, 0.25) is 0 Å². The Hall–Kier alpha value is -1.72. The Morgan fingerprint density at radius 1 is 1.29 bits per heavy atom. The highest BCUT2D eigenvalue weighted by atomic mass is 16.4. The molecule has 0 bridgehead atoms. The third kappa shape index (κ3) is 4.95. The van der Waals surface area contributed by atoms with E-state index >= 15 is 0 Å². The molecule has 0 fully saturated rings. The largest absolute Gasteiger partial charge is 0.481 e. The van der Waals surface area contributed by atoms with Crippen molar-refractivity contribution in [2.75, 3.05) is 6.61 Å². The van der Waals surface area contributed by atoms with Crippen molar-refractivity contribution < 1.29 is 19.8 Å². The number of benzene rings is 1. The van der Waals surface area contributed by atoms with Gasteiger partial charge in [-0.15, -0.1) is 0 Å². The molecule has 1 unspecified atom stereocenters. The van der Waals surface area contributed by atoms with Gasteiger partial charge in [0.25, 0.3) is 0 Å². The van der Waals surface area contributed by atoms with Crippen LogP contribution in [-0.2, 0) is 4.79 Å². The molecular weight excluding hydrogens is 270 g/mol. The zero-order chi connectivity index (χ0) is 16.2. The molecule has 1 atom stereocenters. The molecule has 21 heavy (non-hydrogen) atoms. The molecule has 116 valence electrons. The predicted molar refractivity (Wildman–Crippen MR) is 80.6 cm³/mol. The summed E-state index contributed by atoms with van der Waals surface area (Å²) in [5.41, 5.74) is 1.54. The van der Waals surface area contributed by atoms with E-state index in [0.29, 0.717) is 5.56 Å². The number of aliphatic hydroxyl groups excluding tert-OH is 1. The third-order valence-corrected chi connectivity index (χ3v) is 3.31. The average Bonchev–Trinajstić information content (AvgIpc) is 2.39. The number of carbonyl (C=O) groups excluding carboxylic acids is 1. The maximum Gasteiger partial charge on any atom is 0.305 e. The van der Waals surface area contributed by atoms with E-state index in [2.05, 4.69) is 5.32 Å². The first kappa shape index (κ1) is 17.3. The highest BCUT2D eigenvalue weighted by Gasteiger charge is 2.29. The number of ketones is 1. The quantitative estimate of drug-likeness (QED) is 0.666. The number of Topliss-reactive ketones (excluding diaryl/α,β-unsaturated/α-hetero) is 1. The Bertz CT molecular complexity index is 537. The van der Waals surface area contributed by atoms with Crippen molar-refractivity contribution in [2.45, 2.75) is 45.7 Å². The van der Waals surface area contributed by atoms with Gasteiger partial charge >= 0.3 is 5.97 Å². The van der Waals surface area contributed by atoms with Crippen molar-refractivity contribution in [3.63, 3.8) is 0 Å². The van der Waals surface area contributed by atoms with Crippen LogP contribution >= 0.6 is 0 Å². The minimum absolute atomic E-state index is 0.191. The van der Waals surface area contributed by atoms with E-state index in [1.165, 1.54) is 0 Å². The molecule has 0 aliphatic carbocycles. The second kappa shape index (κ2) is 6.83. The van der Waals surface area contributed by atoms with Gasteiger partial charge in [-0.1, -0.05) is 17.7 Å². The van der Waals surface area contributed by atoms with E-state index in [4.69, 9.17) is 5.11 Å². The van der Waals surface area contributed by atoms with Gasteiger partial charge in [0, 0.05) is 11.1 Å². The van der Waals surface area contributed by atoms with E-state index < -0.39 is 17.6 Å². The summed E-state index contributed by atoms with van der Waals surface area (Å²) in [6.07, 6.45) is -0.324. The number of aliphatic carboxylic acids is 1. The summed E-state index contributed by atoms with van der Waals surface area (Å²) in [4.78, 5) is 23.7. The third-order valence-electron chi connectivity index (χ3n) is 3.31. The van der Waals surface area contributed by atoms with Gasteiger partial charge in [0.2, 0.25) is 0 Å². The first-order chi connectivity index (χ1) is 9.66. The summed E-state index contributed by atoms with van der Waals surface area (Å²) in [5.74, 6) is -1.32. The van der Waals surface area contributed by atoms with Crippen LogP contribution in [0.4, 0.5) is 0 Å². The number of rotatable bonds is 7. The SMILES string of the molecule is Cc1ccc(C)c(C(=O)C(CC(=O)O)NC(C)(C)CO)c1. The summed E-state index contributed by atoms with van der Waals surface area (Å²) in [7, 11) is 0. The smallest absolute Gasteiger partial charge is 0.305 e. The maximum atomic E-state index is 12.6. The Morgan fingerprint density at radius 3 is 2.43 bits per heavy atom. The van der Waals surface area contributed by atoms with Crippen molar-refractivity contribution >= 4 is 11.8 Å². The van der Waals surface area contributed by atoms with E-state index in [9.17, 15) is 14.7 Å². The lowest BCUT2D eigenvalue weighted by Crippen LogP contribution is -2.52. The zero-order valence-corrected chi connectivity index (χ0v) is 12.9. The second-order valence-corrected chi connectivity index (χ2v) is 6.02. The molecule has 5 nitrogen and oxygen atoms in total. The summed E-state index contributed by atoms with van der Waals surface area (Å²) in [5, 5.41) is 21.3. The van der Waals surface area contributed by atoms with E-state index in [-0.39, 0.29) is 18.8 Å². The van der Waals surface area contributed by atoms with Crippen molar-refractivity contribution in [3.05, 3.63) is 34.9 Å². The molecule has 0 spiro atoms. The zero-order valence-electron chi connectivity index (χ0n) is 12.9. The minimum atomic E-state index is -1.06. The normalized spacial score (nSPS) is 13.0. The van der Waals surface area contributed by atoms with E-state index in [0.717, 1.165) is 11.1 Å². The van der Waals surface area contributed by atoms with Gasteiger partial charge in [-0.05, 0) is 39.3 Å². The molecule has 0 aromatic heterocycles. The van der Waals surface area contributed by atoms with Gasteiger partial charge in [0.15, 0.2) is 5.78 Å². The topological polar surface area (TPSA) is 86.6 Å². The lowest BCUT2D eigenvalue weighted by molar-refractivity contribution is -0.137. The number of carboxylic acid groups (broad SMARTS) is 1. The van der Waals surface area contributed by atoms with Crippen LogP contribution in [0.3, 0.4) is 0 Å². The fourth-order valence-electron chi connectivity index (χ4n) is 2.09. The van der Waals surface area contributed by atoms with Crippen LogP contribution in [-0.4, -0.2) is 40.2 Å². The summed E-state index contributed by atoms with van der Waals surface area (Å²) >= 11 is 0. The fraction of sp³-hybridized carbons (Fsp3) is 0.500. The van der Waals surface area contributed by atoms with Crippen LogP contribution in [0.1, 0.15) is 41.8 Å². The van der Waals surface area contributed by atoms with E-state index in [1.807, 2.05) is 26.0 Å². The van der Waals surface area contributed by atoms with Crippen molar-refractivity contribution in [2.24, 2.45) is 0 Å². The number of carboxylic acids is 1. The van der Waals surface area contributed by atoms with Gasteiger partial charge in [-0.25, -0.2) is 0 Å². The lowest BCUT2D eigenvalue weighted by Gasteiger charge is -2.29. The number of aryl methyl sites for hydroxylation is 2. The van der Waals surface area contributed by atoms with Gasteiger partial charge in [-0.2, -0.15) is 0 Å². The van der Waals surface area contributed by atoms with Crippen LogP contribution in [0.15, 0.2) is 18.2 Å². The molecular formula is C16H23NO4. The Balaban J connectivity index is 3.10. The standard InChI is InChI=1S/C16H23NO4/c1-10-5-6-11(2)12(7-10)15(21)13(8-14(19)20)17-16(3,4)9-18/h5-7,13,17-18H,8-9H2,1-4H3,(H,19,20). The lowest BCUT2D eigenvalue weighted by atomic mass is 9.94. The number of aliphatic hydroxyl groups is 1. The predicted octanol–water partition coefficient (Wildman–Crippen LogP) is 1.69. The van der Waals surface area contributed by atoms with Crippen LogP contribution in [0.25, 0.3) is 0 Å². The summed E-state index contributed by atoms with van der Waals surface area (Å²) in [6, 6.07) is 4.64. The second-order valence-electron chi connectivity index (χ2n) is 6.02. The van der Waals surface area contributed by atoms with E-state index in [1.54, 1.807) is 19.9 Å². The summed E-state index contributed by atoms with van der Waals surface area (Å²) < 4.78 is 0. The summed E-state index contributed by atoms with van der Waals surface area (Å²) in [6.45, 7) is 6.95. The van der Waals surface area contributed by atoms with Crippen molar-refractivity contribution in [1.29, 1.82) is 0 Å². The molecule has 0 saturated heterocycles. The number of nitrogens with one attached hydrogen (secondary N) is 1. The average molecular weight is 293 g/mol. The molecule has 3 N–H and O–H groups in total. The Morgan fingerprint density at radius 2 is 1.90 bits per heavy atom. The molecule has 5 heteroatoms. The maximum absolute atomic E-state index is 12.6. The molecule has 0 heterocycles. The first-order valence-electron chi connectivity index (χ1n) is 6.88. The molecule has 0 aliphatic heterocycles. The first-order valence-corrected chi connectivity index (χ1v) is 6.88. The van der Waals surface area contributed by atoms with Gasteiger partial charge in [0.05, 0.1) is 19.1 Å². The Kier molecular flexibility index (Phi) is 5.63. The molecule has 1 rings (SSSR count). The highest BCUT2D eigenvalue weighted by Crippen LogP contribution is 2.16. The van der Waals surface area contributed by atoms with Gasteiger partial charge < -0.3 is 10.2 Å².